The quantitative estimate of drug-likeness (QED) is 0.410. The number of methoxy groups -OCH3 is 2. The molecule has 35 heavy (non-hydrogen) atoms. The van der Waals surface area contributed by atoms with Crippen molar-refractivity contribution in [3.63, 3.8) is 0 Å². The van der Waals surface area contributed by atoms with E-state index in [9.17, 15) is 4.79 Å². The van der Waals surface area contributed by atoms with Crippen molar-refractivity contribution in [3.05, 3.63) is 47.0 Å². The molecule has 3 aromatic rings. The van der Waals surface area contributed by atoms with Crippen LogP contribution in [0.2, 0.25) is 0 Å². The number of carbonyl (C=O) groups excluding carboxylic acids is 1. The van der Waals surface area contributed by atoms with Gasteiger partial charge < -0.3 is 14.2 Å². The van der Waals surface area contributed by atoms with Crippen molar-refractivity contribution in [3.8, 4) is 11.5 Å². The zero-order valence-electron chi connectivity index (χ0n) is 20.8. The van der Waals surface area contributed by atoms with Crippen LogP contribution in [0.15, 0.2) is 30.3 Å². The summed E-state index contributed by atoms with van der Waals surface area (Å²) in [4.78, 5) is 22.7. The molecule has 0 radical (unpaired) electrons. The standard InChI is InChI=1S/C26H33N3O4S.ClH/c1-18-6-7-19(2)20(16-18)17-23(30)29(11-5-10-28-12-14-33-15-13-28)26-27-24-21(31-3)8-9-22(32-4)25(24)34-26;/h6-9,16H,5,10-15,17H2,1-4H3;1H. The lowest BCUT2D eigenvalue weighted by molar-refractivity contribution is -0.118. The lowest BCUT2D eigenvalue weighted by Gasteiger charge is -2.27. The molecular formula is C26H34ClN3O4S. The number of nitrogens with zero attached hydrogens (tertiary/aromatic N) is 3. The zero-order chi connectivity index (χ0) is 24.1. The molecule has 2 aromatic carbocycles. The smallest absolute Gasteiger partial charge is 0.233 e. The summed E-state index contributed by atoms with van der Waals surface area (Å²) in [6.07, 6.45) is 1.21. The Morgan fingerprint density at radius 3 is 2.54 bits per heavy atom. The normalized spacial score (nSPS) is 13.9. The highest BCUT2D eigenvalue weighted by molar-refractivity contribution is 7.22. The summed E-state index contributed by atoms with van der Waals surface area (Å²) in [5, 5.41) is 0.676. The monoisotopic (exact) mass is 519 g/mol. The number of amides is 1. The number of thiazole rings is 1. The van der Waals surface area contributed by atoms with Crippen LogP contribution in [0.3, 0.4) is 0 Å². The van der Waals surface area contributed by atoms with Crippen molar-refractivity contribution < 1.29 is 19.0 Å². The van der Waals surface area contributed by atoms with Gasteiger partial charge in [-0.2, -0.15) is 0 Å². The first-order valence-corrected chi connectivity index (χ1v) is 12.5. The summed E-state index contributed by atoms with van der Waals surface area (Å²) in [6.45, 7) is 9.05. The third kappa shape index (κ3) is 6.44. The van der Waals surface area contributed by atoms with Gasteiger partial charge in [0.1, 0.15) is 21.7 Å². The molecule has 1 aliphatic rings. The van der Waals surface area contributed by atoms with Crippen molar-refractivity contribution in [1.29, 1.82) is 0 Å². The summed E-state index contributed by atoms with van der Waals surface area (Å²) in [5.41, 5.74) is 4.06. The number of aromatic nitrogens is 1. The van der Waals surface area contributed by atoms with Crippen LogP contribution >= 0.6 is 23.7 Å². The molecule has 2 heterocycles. The van der Waals surface area contributed by atoms with E-state index in [2.05, 4.69) is 36.9 Å². The number of rotatable bonds is 9. The lowest BCUT2D eigenvalue weighted by atomic mass is 10.0. The average Bonchev–Trinajstić information content (AvgIpc) is 3.29. The Morgan fingerprint density at radius 1 is 1.11 bits per heavy atom. The molecule has 1 saturated heterocycles. The lowest BCUT2D eigenvalue weighted by Crippen LogP contribution is -2.39. The Kier molecular flexibility index (Phi) is 9.74. The van der Waals surface area contributed by atoms with Crippen molar-refractivity contribution in [2.45, 2.75) is 26.7 Å². The van der Waals surface area contributed by atoms with E-state index in [1.165, 1.54) is 11.3 Å². The number of fused-ring (bicyclic) bond motifs is 1. The predicted molar refractivity (Wildman–Crippen MR) is 144 cm³/mol. The minimum absolute atomic E-state index is 0. The molecule has 1 fully saturated rings. The van der Waals surface area contributed by atoms with Gasteiger partial charge in [-0.1, -0.05) is 35.1 Å². The number of anilines is 1. The van der Waals surface area contributed by atoms with E-state index in [4.69, 9.17) is 19.2 Å². The Labute approximate surface area is 217 Å². The molecule has 0 atom stereocenters. The Balaban J connectivity index is 0.00000342. The molecule has 0 unspecified atom stereocenters. The predicted octanol–water partition coefficient (Wildman–Crippen LogP) is 4.65. The molecule has 1 aromatic heterocycles. The van der Waals surface area contributed by atoms with Crippen LogP contribution in [-0.2, 0) is 16.0 Å². The van der Waals surface area contributed by atoms with Crippen molar-refractivity contribution in [2.75, 3.05) is 58.5 Å². The molecule has 9 heteroatoms. The molecule has 1 aliphatic heterocycles. The number of halogens is 1. The van der Waals surface area contributed by atoms with Crippen LogP contribution in [0.25, 0.3) is 10.2 Å². The third-order valence-electron chi connectivity index (χ3n) is 6.24. The Morgan fingerprint density at radius 2 is 1.83 bits per heavy atom. The van der Waals surface area contributed by atoms with E-state index in [1.54, 1.807) is 14.2 Å². The number of ether oxygens (including phenoxy) is 3. The highest BCUT2D eigenvalue weighted by atomic mass is 35.5. The van der Waals surface area contributed by atoms with Crippen LogP contribution in [0.4, 0.5) is 5.13 Å². The van der Waals surface area contributed by atoms with Gasteiger partial charge in [0.2, 0.25) is 5.91 Å². The summed E-state index contributed by atoms with van der Waals surface area (Å²) >= 11 is 1.47. The van der Waals surface area contributed by atoms with Gasteiger partial charge in [-0.05, 0) is 43.5 Å². The first kappa shape index (κ1) is 27.2. The Bertz CT molecular complexity index is 1110. The zero-order valence-corrected chi connectivity index (χ0v) is 22.5. The first-order chi connectivity index (χ1) is 16.5. The molecule has 1 amide bonds. The molecule has 0 saturated carbocycles. The number of hydrogen-bond donors (Lipinski definition) is 0. The maximum absolute atomic E-state index is 13.6. The molecule has 190 valence electrons. The van der Waals surface area contributed by atoms with Gasteiger partial charge in [-0.3, -0.25) is 14.6 Å². The fourth-order valence-electron chi connectivity index (χ4n) is 4.24. The number of morpholine rings is 1. The molecule has 0 spiro atoms. The fraction of sp³-hybridized carbons (Fsp3) is 0.462. The second-order valence-corrected chi connectivity index (χ2v) is 9.58. The summed E-state index contributed by atoms with van der Waals surface area (Å²) in [7, 11) is 3.28. The number of carbonyl (C=O) groups is 1. The van der Waals surface area contributed by atoms with E-state index < -0.39 is 0 Å². The highest BCUT2D eigenvalue weighted by Crippen LogP contribution is 2.40. The van der Waals surface area contributed by atoms with Crippen molar-refractivity contribution >= 4 is 45.0 Å². The fourth-order valence-corrected chi connectivity index (χ4v) is 5.36. The van der Waals surface area contributed by atoms with E-state index in [1.807, 2.05) is 17.0 Å². The minimum atomic E-state index is 0. The molecule has 4 rings (SSSR count). The second kappa shape index (κ2) is 12.5. The summed E-state index contributed by atoms with van der Waals surface area (Å²) in [6, 6.07) is 9.99. The second-order valence-electron chi connectivity index (χ2n) is 8.60. The number of hydrogen-bond acceptors (Lipinski definition) is 7. The topological polar surface area (TPSA) is 64.1 Å². The van der Waals surface area contributed by atoms with Crippen molar-refractivity contribution in [1.82, 2.24) is 9.88 Å². The van der Waals surface area contributed by atoms with Gasteiger partial charge in [0.05, 0.1) is 33.9 Å². The van der Waals surface area contributed by atoms with E-state index in [0.29, 0.717) is 23.8 Å². The van der Waals surface area contributed by atoms with Crippen LogP contribution in [0, 0.1) is 13.8 Å². The van der Waals surface area contributed by atoms with E-state index in [0.717, 1.165) is 71.9 Å². The van der Waals surface area contributed by atoms with Crippen molar-refractivity contribution in [2.24, 2.45) is 0 Å². The van der Waals surface area contributed by atoms with Gasteiger partial charge in [-0.25, -0.2) is 4.98 Å². The number of aryl methyl sites for hydroxylation is 2. The largest absolute Gasteiger partial charge is 0.495 e. The van der Waals surface area contributed by atoms with Gasteiger partial charge in [-0.15, -0.1) is 12.4 Å². The maximum atomic E-state index is 13.6. The molecule has 0 N–H and O–H groups in total. The highest BCUT2D eigenvalue weighted by Gasteiger charge is 2.23. The summed E-state index contributed by atoms with van der Waals surface area (Å²) < 4.78 is 17.4. The van der Waals surface area contributed by atoms with Gasteiger partial charge >= 0.3 is 0 Å². The number of benzene rings is 2. The first-order valence-electron chi connectivity index (χ1n) is 11.7. The van der Waals surface area contributed by atoms with Crippen LogP contribution in [0.5, 0.6) is 11.5 Å². The summed E-state index contributed by atoms with van der Waals surface area (Å²) in [5.74, 6) is 1.45. The SMILES string of the molecule is COc1ccc(OC)c2sc(N(CCCN3CCOCC3)C(=O)Cc3cc(C)ccc3C)nc12.Cl. The Hall–Kier alpha value is -2.39. The molecular weight excluding hydrogens is 486 g/mol. The molecule has 0 bridgehead atoms. The van der Waals surface area contributed by atoms with Gasteiger partial charge in [0, 0.05) is 26.2 Å². The molecule has 0 aliphatic carbocycles. The maximum Gasteiger partial charge on any atom is 0.233 e. The average molecular weight is 520 g/mol. The van der Waals surface area contributed by atoms with Gasteiger partial charge in [0.15, 0.2) is 5.13 Å². The van der Waals surface area contributed by atoms with Gasteiger partial charge in [0.25, 0.3) is 0 Å². The third-order valence-corrected chi connectivity index (χ3v) is 7.33. The molecule has 7 nitrogen and oxygen atoms in total. The van der Waals surface area contributed by atoms with Crippen LogP contribution < -0.4 is 14.4 Å². The minimum Gasteiger partial charge on any atom is -0.495 e. The van der Waals surface area contributed by atoms with E-state index in [-0.39, 0.29) is 18.3 Å². The van der Waals surface area contributed by atoms with Crippen LogP contribution in [0.1, 0.15) is 23.1 Å². The van der Waals surface area contributed by atoms with E-state index >= 15 is 0 Å². The van der Waals surface area contributed by atoms with Crippen LogP contribution in [-0.4, -0.2) is 69.4 Å².